The average molecular weight is 300 g/mol. The maximum absolute atomic E-state index is 6.34. The van der Waals surface area contributed by atoms with E-state index >= 15 is 0 Å². The Bertz CT molecular complexity index is 402. The molecule has 5 heteroatoms. The summed E-state index contributed by atoms with van der Waals surface area (Å²) in [7, 11) is 0. The number of rotatable bonds is 8. The van der Waals surface area contributed by atoms with Crippen LogP contribution in [0.1, 0.15) is 57.7 Å². The van der Waals surface area contributed by atoms with E-state index in [1.54, 1.807) is 6.20 Å². The highest BCUT2D eigenvalue weighted by molar-refractivity contribution is 6.31. The zero-order valence-corrected chi connectivity index (χ0v) is 13.3. The SMILES string of the molecule is CCCNC(CCC1CCCO1)c1c(Cl)cnn1CC. The molecule has 2 rings (SSSR count). The number of nitrogens with one attached hydrogen (secondary N) is 1. The normalized spacial score (nSPS) is 20.4. The first-order valence-electron chi connectivity index (χ1n) is 7.82. The van der Waals surface area contributed by atoms with Gasteiger partial charge in [-0.05, 0) is 45.6 Å². The van der Waals surface area contributed by atoms with Crippen molar-refractivity contribution < 1.29 is 4.74 Å². The van der Waals surface area contributed by atoms with Gasteiger partial charge in [-0.3, -0.25) is 4.68 Å². The van der Waals surface area contributed by atoms with E-state index < -0.39 is 0 Å². The molecule has 0 radical (unpaired) electrons. The number of nitrogens with zero attached hydrogens (tertiary/aromatic N) is 2. The Morgan fingerprint density at radius 1 is 1.55 bits per heavy atom. The van der Waals surface area contributed by atoms with Crippen molar-refractivity contribution in [2.45, 2.75) is 64.6 Å². The summed E-state index contributed by atoms with van der Waals surface area (Å²) in [5, 5.41) is 8.74. The van der Waals surface area contributed by atoms with Gasteiger partial charge in [-0.2, -0.15) is 5.10 Å². The monoisotopic (exact) mass is 299 g/mol. The smallest absolute Gasteiger partial charge is 0.0834 e. The van der Waals surface area contributed by atoms with E-state index in [0.29, 0.717) is 6.10 Å². The minimum absolute atomic E-state index is 0.272. The Balaban J connectivity index is 2.03. The van der Waals surface area contributed by atoms with Crippen molar-refractivity contribution in [2.75, 3.05) is 13.2 Å². The summed E-state index contributed by atoms with van der Waals surface area (Å²) in [5.74, 6) is 0. The van der Waals surface area contributed by atoms with Crippen molar-refractivity contribution in [1.82, 2.24) is 15.1 Å². The minimum Gasteiger partial charge on any atom is -0.378 e. The summed E-state index contributed by atoms with van der Waals surface area (Å²) < 4.78 is 7.73. The molecule has 1 aromatic heterocycles. The molecule has 2 unspecified atom stereocenters. The quantitative estimate of drug-likeness (QED) is 0.798. The molecule has 1 aliphatic rings. The lowest BCUT2D eigenvalue weighted by atomic mass is 10.0. The average Bonchev–Trinajstić information content (AvgIpc) is 3.09. The van der Waals surface area contributed by atoms with Gasteiger partial charge in [0.2, 0.25) is 0 Å². The highest BCUT2D eigenvalue weighted by Crippen LogP contribution is 2.28. The van der Waals surface area contributed by atoms with Crippen LogP contribution in [0, 0.1) is 0 Å². The van der Waals surface area contributed by atoms with Crippen LogP contribution in [0.3, 0.4) is 0 Å². The van der Waals surface area contributed by atoms with E-state index in [2.05, 4.69) is 24.3 Å². The largest absolute Gasteiger partial charge is 0.378 e. The molecule has 0 aliphatic carbocycles. The predicted molar refractivity (Wildman–Crippen MR) is 82.2 cm³/mol. The number of halogens is 1. The van der Waals surface area contributed by atoms with Crippen LogP contribution >= 0.6 is 11.6 Å². The van der Waals surface area contributed by atoms with E-state index in [0.717, 1.165) is 49.7 Å². The van der Waals surface area contributed by atoms with E-state index in [9.17, 15) is 0 Å². The van der Waals surface area contributed by atoms with Crippen LogP contribution in [0.2, 0.25) is 5.02 Å². The summed E-state index contributed by atoms with van der Waals surface area (Å²) in [4.78, 5) is 0. The van der Waals surface area contributed by atoms with Gasteiger partial charge in [-0.1, -0.05) is 18.5 Å². The molecule has 1 N–H and O–H groups in total. The lowest BCUT2D eigenvalue weighted by Crippen LogP contribution is -2.26. The number of hydrogen-bond acceptors (Lipinski definition) is 3. The highest BCUT2D eigenvalue weighted by Gasteiger charge is 2.22. The van der Waals surface area contributed by atoms with Crippen LogP contribution in [-0.4, -0.2) is 29.0 Å². The first kappa shape index (κ1) is 15.8. The van der Waals surface area contributed by atoms with Gasteiger partial charge in [0.05, 0.1) is 29.1 Å². The number of aryl methyl sites for hydroxylation is 1. The van der Waals surface area contributed by atoms with E-state index in [4.69, 9.17) is 16.3 Å². The van der Waals surface area contributed by atoms with Crippen molar-refractivity contribution in [3.05, 3.63) is 16.9 Å². The molecule has 0 bridgehead atoms. The second kappa shape index (κ2) is 8.01. The summed E-state index contributed by atoms with van der Waals surface area (Å²) in [6, 6.07) is 0.272. The van der Waals surface area contributed by atoms with E-state index in [1.807, 2.05) is 4.68 Å². The van der Waals surface area contributed by atoms with Crippen molar-refractivity contribution in [2.24, 2.45) is 0 Å². The number of aromatic nitrogens is 2. The zero-order valence-electron chi connectivity index (χ0n) is 12.6. The van der Waals surface area contributed by atoms with Crippen LogP contribution < -0.4 is 5.32 Å². The lowest BCUT2D eigenvalue weighted by molar-refractivity contribution is 0.0993. The molecule has 0 amide bonds. The topological polar surface area (TPSA) is 39.1 Å². The van der Waals surface area contributed by atoms with Crippen molar-refractivity contribution in [1.29, 1.82) is 0 Å². The molecule has 1 aliphatic heterocycles. The second-order valence-electron chi connectivity index (χ2n) is 5.41. The van der Waals surface area contributed by atoms with Crippen molar-refractivity contribution in [3.63, 3.8) is 0 Å². The Labute approximate surface area is 126 Å². The van der Waals surface area contributed by atoms with Crippen LogP contribution in [-0.2, 0) is 11.3 Å². The Morgan fingerprint density at radius 2 is 2.40 bits per heavy atom. The molecule has 20 heavy (non-hydrogen) atoms. The molecular formula is C15H26ClN3O. The molecule has 4 nitrogen and oxygen atoms in total. The van der Waals surface area contributed by atoms with Gasteiger partial charge in [0.25, 0.3) is 0 Å². The molecule has 1 saturated heterocycles. The van der Waals surface area contributed by atoms with Gasteiger partial charge in [-0.25, -0.2) is 0 Å². The fourth-order valence-electron chi connectivity index (χ4n) is 2.85. The maximum Gasteiger partial charge on any atom is 0.0834 e. The first-order chi connectivity index (χ1) is 9.76. The van der Waals surface area contributed by atoms with E-state index in [-0.39, 0.29) is 6.04 Å². The standard InChI is InChI=1S/C15H26ClN3O/c1-3-9-17-14(8-7-12-6-5-10-20-12)15-13(16)11-18-19(15)4-2/h11-12,14,17H,3-10H2,1-2H3. The van der Waals surface area contributed by atoms with Crippen LogP contribution in [0.25, 0.3) is 0 Å². The molecule has 0 spiro atoms. The van der Waals surface area contributed by atoms with Gasteiger partial charge < -0.3 is 10.1 Å². The van der Waals surface area contributed by atoms with Gasteiger partial charge in [0, 0.05) is 13.2 Å². The van der Waals surface area contributed by atoms with Crippen LogP contribution in [0.15, 0.2) is 6.20 Å². The number of hydrogen-bond donors (Lipinski definition) is 1. The predicted octanol–water partition coefficient (Wildman–Crippen LogP) is 3.56. The molecule has 1 fully saturated rings. The van der Waals surface area contributed by atoms with Gasteiger partial charge in [0.15, 0.2) is 0 Å². The molecule has 2 atom stereocenters. The summed E-state index contributed by atoms with van der Waals surface area (Å²) in [6.07, 6.45) is 7.84. The lowest BCUT2D eigenvalue weighted by Gasteiger charge is -2.21. The molecule has 1 aromatic rings. The molecule has 0 saturated carbocycles. The first-order valence-corrected chi connectivity index (χ1v) is 8.20. The molecule has 114 valence electrons. The molecule has 2 heterocycles. The summed E-state index contributed by atoms with van der Waals surface area (Å²) in [5.41, 5.74) is 1.13. The maximum atomic E-state index is 6.34. The zero-order chi connectivity index (χ0) is 14.4. The second-order valence-corrected chi connectivity index (χ2v) is 5.82. The van der Waals surface area contributed by atoms with Crippen molar-refractivity contribution >= 4 is 11.6 Å². The van der Waals surface area contributed by atoms with Crippen LogP contribution in [0.5, 0.6) is 0 Å². The third-order valence-electron chi connectivity index (χ3n) is 3.90. The molecular weight excluding hydrogens is 274 g/mol. The third-order valence-corrected chi connectivity index (χ3v) is 4.20. The Kier molecular flexibility index (Phi) is 6.33. The fraction of sp³-hybridized carbons (Fsp3) is 0.800. The third kappa shape index (κ3) is 3.96. The summed E-state index contributed by atoms with van der Waals surface area (Å²) >= 11 is 6.34. The Hall–Kier alpha value is -0.580. The molecule has 0 aromatic carbocycles. The number of ether oxygens (including phenoxy) is 1. The Morgan fingerprint density at radius 3 is 3.05 bits per heavy atom. The van der Waals surface area contributed by atoms with E-state index in [1.165, 1.54) is 12.8 Å². The summed E-state index contributed by atoms with van der Waals surface area (Å²) in [6.45, 7) is 7.06. The van der Waals surface area contributed by atoms with Gasteiger partial charge in [0.1, 0.15) is 0 Å². The van der Waals surface area contributed by atoms with Crippen molar-refractivity contribution in [3.8, 4) is 0 Å². The highest BCUT2D eigenvalue weighted by atomic mass is 35.5. The van der Waals surface area contributed by atoms with Crippen LogP contribution in [0.4, 0.5) is 0 Å². The van der Waals surface area contributed by atoms with Gasteiger partial charge in [-0.15, -0.1) is 0 Å². The fourth-order valence-corrected chi connectivity index (χ4v) is 3.12. The van der Waals surface area contributed by atoms with Gasteiger partial charge >= 0.3 is 0 Å². The minimum atomic E-state index is 0.272.